The summed E-state index contributed by atoms with van der Waals surface area (Å²) in [5.41, 5.74) is -0.924. The summed E-state index contributed by atoms with van der Waals surface area (Å²) in [6.45, 7) is 0.376. The van der Waals surface area contributed by atoms with E-state index in [-0.39, 0.29) is 5.91 Å². The Morgan fingerprint density at radius 3 is 2.56 bits per heavy atom. The zero-order chi connectivity index (χ0) is 11.8. The van der Waals surface area contributed by atoms with Crippen LogP contribution in [0.4, 0.5) is 4.79 Å². The SMILES string of the molecule is CSCCN1C(=O)NC(=O)C2(CCC2)C1=O. The van der Waals surface area contributed by atoms with E-state index in [1.165, 1.54) is 4.90 Å². The molecule has 2 fully saturated rings. The lowest BCUT2D eigenvalue weighted by molar-refractivity contribution is -0.157. The smallest absolute Gasteiger partial charge is 0.277 e. The molecule has 1 saturated carbocycles. The second-order valence-electron chi connectivity index (χ2n) is 4.14. The molecule has 5 nitrogen and oxygen atoms in total. The summed E-state index contributed by atoms with van der Waals surface area (Å²) in [7, 11) is 0. The quantitative estimate of drug-likeness (QED) is 0.736. The number of urea groups is 1. The second-order valence-corrected chi connectivity index (χ2v) is 5.13. The summed E-state index contributed by atoms with van der Waals surface area (Å²) in [4.78, 5) is 36.4. The van der Waals surface area contributed by atoms with Crippen LogP contribution in [0.5, 0.6) is 0 Å². The van der Waals surface area contributed by atoms with Crippen molar-refractivity contribution in [2.45, 2.75) is 19.3 Å². The first-order valence-corrected chi connectivity index (χ1v) is 6.67. The van der Waals surface area contributed by atoms with Crippen molar-refractivity contribution in [1.29, 1.82) is 0 Å². The third kappa shape index (κ3) is 1.52. The lowest BCUT2D eigenvalue weighted by Gasteiger charge is -2.44. The molecule has 0 aromatic heterocycles. The standard InChI is InChI=1S/C10H14N2O3S/c1-16-6-5-12-8(14)10(3-2-4-10)7(13)11-9(12)15/h2-6H2,1H3,(H,11,13,15). The third-order valence-electron chi connectivity index (χ3n) is 3.28. The van der Waals surface area contributed by atoms with Gasteiger partial charge < -0.3 is 0 Å². The van der Waals surface area contributed by atoms with Gasteiger partial charge in [0, 0.05) is 12.3 Å². The molecule has 0 bridgehead atoms. The zero-order valence-electron chi connectivity index (χ0n) is 9.12. The lowest BCUT2D eigenvalue weighted by atomic mass is 9.66. The van der Waals surface area contributed by atoms with E-state index in [9.17, 15) is 14.4 Å². The molecule has 1 N–H and O–H groups in total. The minimum atomic E-state index is -0.924. The van der Waals surface area contributed by atoms with Gasteiger partial charge in [-0.25, -0.2) is 4.79 Å². The molecule has 2 rings (SSSR count). The Labute approximate surface area is 97.9 Å². The number of amides is 4. The first-order valence-electron chi connectivity index (χ1n) is 5.28. The molecule has 4 amide bonds. The number of imide groups is 2. The van der Waals surface area contributed by atoms with Crippen LogP contribution in [0.15, 0.2) is 0 Å². The molecule has 1 heterocycles. The Morgan fingerprint density at radius 2 is 2.06 bits per heavy atom. The Bertz CT molecular complexity index is 352. The molecule has 1 saturated heterocycles. The van der Waals surface area contributed by atoms with Crippen molar-refractivity contribution in [3.05, 3.63) is 0 Å². The van der Waals surface area contributed by atoms with Gasteiger partial charge in [-0.2, -0.15) is 11.8 Å². The maximum Gasteiger partial charge on any atom is 0.330 e. The van der Waals surface area contributed by atoms with Crippen LogP contribution in [0.2, 0.25) is 0 Å². The molecule has 2 aliphatic rings. The Hall–Kier alpha value is -1.04. The van der Waals surface area contributed by atoms with Crippen molar-refractivity contribution in [2.75, 3.05) is 18.6 Å². The number of thioether (sulfide) groups is 1. The Morgan fingerprint density at radius 1 is 1.38 bits per heavy atom. The van der Waals surface area contributed by atoms with Crippen molar-refractivity contribution in [3.63, 3.8) is 0 Å². The van der Waals surface area contributed by atoms with Gasteiger partial charge in [0.1, 0.15) is 5.41 Å². The minimum absolute atomic E-state index is 0.304. The van der Waals surface area contributed by atoms with Crippen molar-refractivity contribution >= 4 is 29.6 Å². The van der Waals surface area contributed by atoms with Gasteiger partial charge >= 0.3 is 6.03 Å². The van der Waals surface area contributed by atoms with Gasteiger partial charge in [0.2, 0.25) is 11.8 Å². The monoisotopic (exact) mass is 242 g/mol. The first kappa shape index (κ1) is 11.4. The van der Waals surface area contributed by atoms with E-state index >= 15 is 0 Å². The van der Waals surface area contributed by atoms with Crippen LogP contribution in [-0.4, -0.2) is 41.3 Å². The fraction of sp³-hybridized carbons (Fsp3) is 0.700. The van der Waals surface area contributed by atoms with Gasteiger partial charge in [0.05, 0.1) is 0 Å². The van der Waals surface area contributed by atoms with Gasteiger partial charge in [-0.05, 0) is 19.1 Å². The van der Waals surface area contributed by atoms with Crippen LogP contribution in [0.3, 0.4) is 0 Å². The van der Waals surface area contributed by atoms with E-state index in [0.29, 0.717) is 25.1 Å². The highest BCUT2D eigenvalue weighted by Gasteiger charge is 2.57. The lowest BCUT2D eigenvalue weighted by Crippen LogP contribution is -2.66. The molecule has 0 atom stereocenters. The van der Waals surface area contributed by atoms with Crippen LogP contribution in [0, 0.1) is 5.41 Å². The first-order chi connectivity index (χ1) is 7.62. The van der Waals surface area contributed by atoms with Crippen LogP contribution < -0.4 is 5.32 Å². The molecule has 0 radical (unpaired) electrons. The van der Waals surface area contributed by atoms with Crippen LogP contribution in [-0.2, 0) is 9.59 Å². The molecule has 0 aromatic carbocycles. The maximum atomic E-state index is 12.1. The number of rotatable bonds is 3. The molecular weight excluding hydrogens is 228 g/mol. The highest BCUT2D eigenvalue weighted by molar-refractivity contribution is 7.98. The van der Waals surface area contributed by atoms with Gasteiger partial charge in [-0.3, -0.25) is 19.8 Å². The predicted octanol–water partition coefficient (Wildman–Crippen LogP) is 0.598. The molecule has 1 aliphatic heterocycles. The van der Waals surface area contributed by atoms with Crippen molar-refractivity contribution < 1.29 is 14.4 Å². The molecular formula is C10H14N2O3S. The number of nitrogens with zero attached hydrogens (tertiary/aromatic N) is 1. The summed E-state index contributed by atoms with van der Waals surface area (Å²) in [5, 5.41) is 2.28. The normalized spacial score (nSPS) is 23.3. The minimum Gasteiger partial charge on any atom is -0.277 e. The number of barbiturate groups is 1. The number of carbonyl (C=O) groups excluding carboxylic acids is 3. The zero-order valence-corrected chi connectivity index (χ0v) is 9.93. The second kappa shape index (κ2) is 4.08. The van der Waals surface area contributed by atoms with Gasteiger partial charge in [-0.15, -0.1) is 0 Å². The van der Waals surface area contributed by atoms with Crippen molar-refractivity contribution in [2.24, 2.45) is 5.41 Å². The molecule has 0 unspecified atom stereocenters. The molecule has 1 spiro atoms. The Kier molecular flexibility index (Phi) is 2.92. The van der Waals surface area contributed by atoms with E-state index in [0.717, 1.165) is 6.42 Å². The van der Waals surface area contributed by atoms with E-state index in [2.05, 4.69) is 5.32 Å². The van der Waals surface area contributed by atoms with Crippen molar-refractivity contribution in [3.8, 4) is 0 Å². The largest absolute Gasteiger partial charge is 0.330 e. The van der Waals surface area contributed by atoms with E-state index in [4.69, 9.17) is 0 Å². The Balaban J connectivity index is 2.16. The van der Waals surface area contributed by atoms with Gasteiger partial charge in [0.15, 0.2) is 0 Å². The average Bonchev–Trinajstić information content (AvgIpc) is 2.15. The predicted molar refractivity (Wildman–Crippen MR) is 59.9 cm³/mol. The van der Waals surface area contributed by atoms with E-state index in [1.807, 2.05) is 6.26 Å². The van der Waals surface area contributed by atoms with Gasteiger partial charge in [0.25, 0.3) is 0 Å². The highest BCUT2D eigenvalue weighted by Crippen LogP contribution is 2.44. The fourth-order valence-electron chi connectivity index (χ4n) is 2.09. The average molecular weight is 242 g/mol. The van der Waals surface area contributed by atoms with Gasteiger partial charge in [-0.1, -0.05) is 6.42 Å². The molecule has 1 aliphatic carbocycles. The molecule has 88 valence electrons. The third-order valence-corrected chi connectivity index (χ3v) is 3.87. The number of carbonyl (C=O) groups is 3. The van der Waals surface area contributed by atoms with E-state index < -0.39 is 17.4 Å². The summed E-state index contributed by atoms with van der Waals surface area (Å²) < 4.78 is 0. The summed E-state index contributed by atoms with van der Waals surface area (Å²) in [6.07, 6.45) is 3.93. The van der Waals surface area contributed by atoms with Crippen LogP contribution in [0.1, 0.15) is 19.3 Å². The molecule has 16 heavy (non-hydrogen) atoms. The summed E-state index contributed by atoms with van der Waals surface area (Å²) >= 11 is 1.57. The highest BCUT2D eigenvalue weighted by atomic mass is 32.2. The number of hydrogen-bond acceptors (Lipinski definition) is 4. The molecule has 6 heteroatoms. The van der Waals surface area contributed by atoms with Crippen molar-refractivity contribution in [1.82, 2.24) is 10.2 Å². The fourth-order valence-corrected chi connectivity index (χ4v) is 2.45. The summed E-state index contributed by atoms with van der Waals surface area (Å²) in [5.74, 6) is -0.0145. The molecule has 0 aromatic rings. The number of hydrogen-bond donors (Lipinski definition) is 1. The van der Waals surface area contributed by atoms with Crippen LogP contribution >= 0.6 is 11.8 Å². The maximum absolute atomic E-state index is 12.1. The number of nitrogens with one attached hydrogen (secondary N) is 1. The topological polar surface area (TPSA) is 66.5 Å². The van der Waals surface area contributed by atoms with Crippen LogP contribution in [0.25, 0.3) is 0 Å². The van der Waals surface area contributed by atoms with E-state index in [1.54, 1.807) is 11.8 Å². The summed E-state index contributed by atoms with van der Waals surface area (Å²) in [6, 6.07) is -0.568.